The van der Waals surface area contributed by atoms with Crippen LogP contribution in [0.2, 0.25) is 0 Å². The van der Waals surface area contributed by atoms with E-state index >= 15 is 0 Å². The number of nitrogens with zero attached hydrogens (tertiary/aromatic N) is 3. The topological polar surface area (TPSA) is 67.7 Å². The summed E-state index contributed by atoms with van der Waals surface area (Å²) in [6, 6.07) is 5.75. The first-order valence-corrected chi connectivity index (χ1v) is 9.31. The van der Waals surface area contributed by atoms with Gasteiger partial charge in [-0.05, 0) is 37.0 Å². The van der Waals surface area contributed by atoms with Crippen LogP contribution >= 0.6 is 0 Å². The van der Waals surface area contributed by atoms with E-state index in [-0.39, 0.29) is 6.79 Å². The van der Waals surface area contributed by atoms with Crippen molar-refractivity contribution in [3.8, 4) is 11.5 Å². The van der Waals surface area contributed by atoms with E-state index in [0.717, 1.165) is 60.9 Å². The molecule has 4 rings (SSSR count). The van der Waals surface area contributed by atoms with Gasteiger partial charge in [-0.3, -0.25) is 4.90 Å². The maximum atomic E-state index is 11.1. The van der Waals surface area contributed by atoms with E-state index in [0.29, 0.717) is 12.8 Å². The van der Waals surface area contributed by atoms with Crippen LogP contribution in [0, 0.1) is 0 Å². The first-order chi connectivity index (χ1) is 12.7. The number of rotatable bonds is 5. The van der Waals surface area contributed by atoms with Gasteiger partial charge in [0.2, 0.25) is 6.79 Å². The van der Waals surface area contributed by atoms with Gasteiger partial charge in [0.05, 0.1) is 5.60 Å². The highest BCUT2D eigenvalue weighted by Crippen LogP contribution is 2.39. The highest BCUT2D eigenvalue weighted by atomic mass is 16.7. The molecule has 0 spiro atoms. The van der Waals surface area contributed by atoms with Crippen LogP contribution in [0.1, 0.15) is 43.1 Å². The second kappa shape index (κ2) is 7.21. The van der Waals surface area contributed by atoms with Gasteiger partial charge in [0.1, 0.15) is 5.82 Å². The van der Waals surface area contributed by atoms with E-state index in [1.807, 2.05) is 30.6 Å². The molecule has 0 atom stereocenters. The van der Waals surface area contributed by atoms with Gasteiger partial charge in [0.15, 0.2) is 11.5 Å². The highest BCUT2D eigenvalue weighted by molar-refractivity contribution is 5.46. The third-order valence-electron chi connectivity index (χ3n) is 5.23. The molecule has 26 heavy (non-hydrogen) atoms. The molecule has 2 aliphatic heterocycles. The number of fused-ring (bicyclic) bond motifs is 1. The van der Waals surface area contributed by atoms with E-state index < -0.39 is 5.60 Å². The van der Waals surface area contributed by atoms with Crippen molar-refractivity contribution in [2.45, 2.75) is 44.8 Å². The van der Waals surface area contributed by atoms with Crippen LogP contribution in [0.15, 0.2) is 30.6 Å². The molecule has 1 aromatic carbocycles. The summed E-state index contributed by atoms with van der Waals surface area (Å²) in [4.78, 5) is 11.2. The average molecular weight is 355 g/mol. The maximum absolute atomic E-state index is 11.1. The second-order valence-corrected chi connectivity index (χ2v) is 7.13. The van der Waals surface area contributed by atoms with Crippen LogP contribution in [0.3, 0.4) is 0 Å². The SMILES string of the molecule is CCCc1ncc(CN2CCC(O)(c3ccc4c(c3)OCO4)CC2)cn1. The van der Waals surface area contributed by atoms with E-state index in [9.17, 15) is 5.11 Å². The van der Waals surface area contributed by atoms with Crippen LogP contribution < -0.4 is 9.47 Å². The zero-order chi connectivity index (χ0) is 18.0. The standard InChI is InChI=1S/C20H25N3O3/c1-2-3-19-21-11-15(12-22-19)13-23-8-6-20(24,7-9-23)16-4-5-17-18(10-16)26-14-25-17/h4-5,10-12,24H,2-3,6-9,13-14H2,1H3. The molecular formula is C20H25N3O3. The van der Waals surface area contributed by atoms with E-state index in [2.05, 4.69) is 21.8 Å². The molecule has 0 bridgehead atoms. The lowest BCUT2D eigenvalue weighted by molar-refractivity contribution is -0.0278. The van der Waals surface area contributed by atoms with Crippen LogP contribution in [0.4, 0.5) is 0 Å². The van der Waals surface area contributed by atoms with E-state index in [1.54, 1.807) is 0 Å². The molecule has 0 aliphatic carbocycles. The molecule has 1 aromatic heterocycles. The molecule has 6 heteroatoms. The smallest absolute Gasteiger partial charge is 0.231 e. The summed E-state index contributed by atoms with van der Waals surface area (Å²) in [5.41, 5.74) is 1.23. The van der Waals surface area contributed by atoms with E-state index in [4.69, 9.17) is 9.47 Å². The first kappa shape index (κ1) is 17.2. The number of likely N-dealkylation sites (tertiary alicyclic amines) is 1. The lowest BCUT2D eigenvalue weighted by atomic mass is 9.84. The van der Waals surface area contributed by atoms with Gasteiger partial charge < -0.3 is 14.6 Å². The Morgan fingerprint density at radius 1 is 1.12 bits per heavy atom. The molecule has 0 saturated carbocycles. The minimum atomic E-state index is -0.807. The number of benzene rings is 1. The highest BCUT2D eigenvalue weighted by Gasteiger charge is 2.35. The van der Waals surface area contributed by atoms with Crippen LogP contribution in [-0.2, 0) is 18.6 Å². The third kappa shape index (κ3) is 3.52. The maximum Gasteiger partial charge on any atom is 0.231 e. The number of hydrogen-bond donors (Lipinski definition) is 1. The predicted molar refractivity (Wildman–Crippen MR) is 97.0 cm³/mol. The van der Waals surface area contributed by atoms with Gasteiger partial charge in [-0.2, -0.15) is 0 Å². The van der Waals surface area contributed by atoms with Gasteiger partial charge in [-0.25, -0.2) is 9.97 Å². The lowest BCUT2D eigenvalue weighted by Crippen LogP contribution is -2.42. The quantitative estimate of drug-likeness (QED) is 0.889. The Morgan fingerprint density at radius 3 is 2.58 bits per heavy atom. The minimum Gasteiger partial charge on any atom is -0.454 e. The lowest BCUT2D eigenvalue weighted by Gasteiger charge is -2.38. The summed E-state index contributed by atoms with van der Waals surface area (Å²) in [5, 5.41) is 11.1. The summed E-state index contributed by atoms with van der Waals surface area (Å²) < 4.78 is 10.8. The molecule has 1 fully saturated rings. The fraction of sp³-hybridized carbons (Fsp3) is 0.500. The van der Waals surface area contributed by atoms with Gasteiger partial charge in [-0.15, -0.1) is 0 Å². The molecule has 1 saturated heterocycles. The molecule has 0 unspecified atom stereocenters. The summed E-state index contributed by atoms with van der Waals surface area (Å²) >= 11 is 0. The van der Waals surface area contributed by atoms with Crippen LogP contribution in [-0.4, -0.2) is 39.9 Å². The Labute approximate surface area is 153 Å². The minimum absolute atomic E-state index is 0.254. The van der Waals surface area contributed by atoms with Gasteiger partial charge in [0.25, 0.3) is 0 Å². The molecule has 0 amide bonds. The molecule has 2 aliphatic rings. The van der Waals surface area contributed by atoms with Gasteiger partial charge in [-0.1, -0.05) is 13.0 Å². The summed E-state index contributed by atoms with van der Waals surface area (Å²) in [5.74, 6) is 2.39. The van der Waals surface area contributed by atoms with Crippen molar-refractivity contribution < 1.29 is 14.6 Å². The Balaban J connectivity index is 1.37. The van der Waals surface area contributed by atoms with Crippen molar-refractivity contribution in [3.05, 3.63) is 47.5 Å². The zero-order valence-electron chi connectivity index (χ0n) is 15.1. The monoisotopic (exact) mass is 355 g/mol. The van der Waals surface area contributed by atoms with Crippen molar-refractivity contribution >= 4 is 0 Å². The third-order valence-corrected chi connectivity index (χ3v) is 5.23. The second-order valence-electron chi connectivity index (χ2n) is 7.13. The molecule has 1 N–H and O–H groups in total. The normalized spacial score (nSPS) is 18.8. The van der Waals surface area contributed by atoms with Crippen molar-refractivity contribution in [2.24, 2.45) is 0 Å². The number of hydrogen-bond acceptors (Lipinski definition) is 6. The zero-order valence-corrected chi connectivity index (χ0v) is 15.1. The first-order valence-electron chi connectivity index (χ1n) is 9.31. The number of aryl methyl sites for hydroxylation is 1. The van der Waals surface area contributed by atoms with Crippen molar-refractivity contribution in [2.75, 3.05) is 19.9 Å². The Kier molecular flexibility index (Phi) is 4.78. The summed E-state index contributed by atoms with van der Waals surface area (Å²) in [7, 11) is 0. The fourth-order valence-corrected chi connectivity index (χ4v) is 3.63. The van der Waals surface area contributed by atoms with Crippen molar-refractivity contribution in [3.63, 3.8) is 0 Å². The van der Waals surface area contributed by atoms with Gasteiger partial charge in [0, 0.05) is 44.0 Å². The molecular weight excluding hydrogens is 330 g/mol. The van der Waals surface area contributed by atoms with Gasteiger partial charge >= 0.3 is 0 Å². The number of aliphatic hydroxyl groups is 1. The summed E-state index contributed by atoms with van der Waals surface area (Å²) in [6.45, 7) is 4.88. The predicted octanol–water partition coefficient (Wildman–Crippen LogP) is 2.64. The van der Waals surface area contributed by atoms with Crippen molar-refractivity contribution in [1.82, 2.24) is 14.9 Å². The fourth-order valence-electron chi connectivity index (χ4n) is 3.63. The van der Waals surface area contributed by atoms with E-state index in [1.165, 1.54) is 0 Å². The molecule has 6 nitrogen and oxygen atoms in total. The molecule has 3 heterocycles. The molecule has 0 radical (unpaired) electrons. The molecule has 2 aromatic rings. The number of ether oxygens (including phenoxy) is 2. The van der Waals surface area contributed by atoms with Crippen molar-refractivity contribution in [1.29, 1.82) is 0 Å². The van der Waals surface area contributed by atoms with Crippen LogP contribution in [0.5, 0.6) is 11.5 Å². The summed E-state index contributed by atoms with van der Waals surface area (Å²) in [6.07, 6.45) is 7.23. The molecule has 138 valence electrons. The Hall–Kier alpha value is -2.18. The largest absolute Gasteiger partial charge is 0.454 e. The Morgan fingerprint density at radius 2 is 1.85 bits per heavy atom. The number of piperidine rings is 1. The van der Waals surface area contributed by atoms with Crippen LogP contribution in [0.25, 0.3) is 0 Å². The number of aromatic nitrogens is 2. The Bertz CT molecular complexity index is 755. The average Bonchev–Trinajstić information content (AvgIpc) is 3.13.